The summed E-state index contributed by atoms with van der Waals surface area (Å²) in [5.41, 5.74) is 1.71. The second-order valence-corrected chi connectivity index (χ2v) is 3.58. The van der Waals surface area contributed by atoms with Crippen molar-refractivity contribution in [1.82, 2.24) is 0 Å². The molecule has 2 nitrogen and oxygen atoms in total. The van der Waals surface area contributed by atoms with Crippen LogP contribution < -0.4 is 0 Å². The van der Waals surface area contributed by atoms with Crippen molar-refractivity contribution >= 4 is 6.29 Å². The van der Waals surface area contributed by atoms with E-state index in [1.54, 1.807) is 0 Å². The number of unbranched alkanes of at least 4 members (excludes halogenated alkanes) is 2. The van der Waals surface area contributed by atoms with Crippen LogP contribution in [-0.2, 0) is 11.3 Å². The van der Waals surface area contributed by atoms with Crippen LogP contribution in [0.3, 0.4) is 0 Å². The standard InChI is InChI=1S/C13H18O2/c1-2-3-6-9-15-11-13-8-5-4-7-12(13)10-14/h4-5,7-8,10H,2-3,6,9,11H2,1H3. The third-order valence-electron chi connectivity index (χ3n) is 2.33. The predicted octanol–water partition coefficient (Wildman–Crippen LogP) is 3.21. The second kappa shape index (κ2) is 7.18. The molecule has 0 atom stereocenters. The predicted molar refractivity (Wildman–Crippen MR) is 61.0 cm³/mol. The lowest BCUT2D eigenvalue weighted by Crippen LogP contribution is -1.98. The van der Waals surface area contributed by atoms with Gasteiger partial charge >= 0.3 is 0 Å². The number of rotatable bonds is 7. The van der Waals surface area contributed by atoms with Crippen LogP contribution in [-0.4, -0.2) is 12.9 Å². The Morgan fingerprint density at radius 1 is 1.27 bits per heavy atom. The summed E-state index contributed by atoms with van der Waals surface area (Å²) < 4.78 is 5.51. The fourth-order valence-electron chi connectivity index (χ4n) is 1.42. The monoisotopic (exact) mass is 206 g/mol. The highest BCUT2D eigenvalue weighted by atomic mass is 16.5. The first-order valence-electron chi connectivity index (χ1n) is 5.49. The molecule has 0 aliphatic heterocycles. The smallest absolute Gasteiger partial charge is 0.150 e. The summed E-state index contributed by atoms with van der Waals surface area (Å²) in [6.45, 7) is 3.49. The lowest BCUT2D eigenvalue weighted by Gasteiger charge is -2.05. The maximum absolute atomic E-state index is 10.7. The van der Waals surface area contributed by atoms with Gasteiger partial charge in [0.05, 0.1) is 6.61 Å². The molecule has 0 unspecified atom stereocenters. The average molecular weight is 206 g/mol. The van der Waals surface area contributed by atoms with Crippen LogP contribution in [0.4, 0.5) is 0 Å². The Bertz CT molecular complexity index is 294. The van der Waals surface area contributed by atoms with Crippen LogP contribution >= 0.6 is 0 Å². The number of aldehydes is 1. The molecule has 15 heavy (non-hydrogen) atoms. The molecule has 0 amide bonds. The van der Waals surface area contributed by atoms with Crippen LogP contribution in [0.25, 0.3) is 0 Å². The number of benzene rings is 1. The van der Waals surface area contributed by atoms with Crippen LogP contribution in [0.2, 0.25) is 0 Å². The largest absolute Gasteiger partial charge is 0.377 e. The molecule has 1 aromatic rings. The normalized spacial score (nSPS) is 10.2. The average Bonchev–Trinajstić information content (AvgIpc) is 2.29. The second-order valence-electron chi connectivity index (χ2n) is 3.58. The van der Waals surface area contributed by atoms with Crippen molar-refractivity contribution in [2.75, 3.05) is 6.61 Å². The van der Waals surface area contributed by atoms with E-state index in [4.69, 9.17) is 4.74 Å². The number of carbonyl (C=O) groups excluding carboxylic acids is 1. The summed E-state index contributed by atoms with van der Waals surface area (Å²) >= 11 is 0. The topological polar surface area (TPSA) is 26.3 Å². The molecule has 0 saturated heterocycles. The third-order valence-corrected chi connectivity index (χ3v) is 2.33. The van der Waals surface area contributed by atoms with Gasteiger partial charge in [-0.05, 0) is 12.0 Å². The first-order chi connectivity index (χ1) is 7.38. The van der Waals surface area contributed by atoms with Gasteiger partial charge in [-0.1, -0.05) is 44.0 Å². The molecule has 0 spiro atoms. The molecule has 0 aliphatic rings. The van der Waals surface area contributed by atoms with Gasteiger partial charge in [0.1, 0.15) is 6.29 Å². The zero-order valence-corrected chi connectivity index (χ0v) is 9.24. The van der Waals surface area contributed by atoms with Crippen LogP contribution in [0.15, 0.2) is 24.3 Å². The Balaban J connectivity index is 2.33. The third kappa shape index (κ3) is 4.26. The van der Waals surface area contributed by atoms with Crippen molar-refractivity contribution in [3.8, 4) is 0 Å². The van der Waals surface area contributed by atoms with E-state index in [2.05, 4.69) is 6.92 Å². The molecule has 1 rings (SSSR count). The minimum Gasteiger partial charge on any atom is -0.377 e. The number of ether oxygens (including phenoxy) is 1. The Labute approximate surface area is 91.3 Å². The SMILES string of the molecule is CCCCCOCc1ccccc1C=O. The number of carbonyl (C=O) groups is 1. The lowest BCUT2D eigenvalue weighted by atomic mass is 10.1. The van der Waals surface area contributed by atoms with Gasteiger partial charge in [-0.15, -0.1) is 0 Å². The van der Waals surface area contributed by atoms with Crippen molar-refractivity contribution in [3.63, 3.8) is 0 Å². The summed E-state index contributed by atoms with van der Waals surface area (Å²) in [5, 5.41) is 0. The Morgan fingerprint density at radius 2 is 2.07 bits per heavy atom. The maximum Gasteiger partial charge on any atom is 0.150 e. The van der Waals surface area contributed by atoms with Gasteiger partial charge in [0, 0.05) is 12.2 Å². The summed E-state index contributed by atoms with van der Waals surface area (Å²) in [4.78, 5) is 10.7. The highest BCUT2D eigenvalue weighted by Crippen LogP contribution is 2.08. The van der Waals surface area contributed by atoms with Crippen molar-refractivity contribution in [2.24, 2.45) is 0 Å². The molecule has 0 saturated carbocycles. The zero-order valence-electron chi connectivity index (χ0n) is 9.24. The molecule has 0 bridgehead atoms. The van der Waals surface area contributed by atoms with E-state index < -0.39 is 0 Å². The molecule has 0 aromatic heterocycles. The van der Waals surface area contributed by atoms with E-state index in [0.29, 0.717) is 6.61 Å². The molecule has 0 radical (unpaired) electrons. The maximum atomic E-state index is 10.7. The highest BCUT2D eigenvalue weighted by molar-refractivity contribution is 5.76. The molecular formula is C13H18O2. The Kier molecular flexibility index (Phi) is 5.71. The molecular weight excluding hydrogens is 188 g/mol. The summed E-state index contributed by atoms with van der Waals surface area (Å²) in [6, 6.07) is 7.54. The van der Waals surface area contributed by atoms with E-state index in [0.717, 1.165) is 30.4 Å². The van der Waals surface area contributed by atoms with E-state index in [9.17, 15) is 4.79 Å². The van der Waals surface area contributed by atoms with Gasteiger partial charge < -0.3 is 4.74 Å². The van der Waals surface area contributed by atoms with E-state index in [1.807, 2.05) is 24.3 Å². The van der Waals surface area contributed by atoms with Crippen molar-refractivity contribution < 1.29 is 9.53 Å². The zero-order chi connectivity index (χ0) is 10.9. The number of hydrogen-bond acceptors (Lipinski definition) is 2. The summed E-state index contributed by atoms with van der Waals surface area (Å²) in [5.74, 6) is 0. The van der Waals surface area contributed by atoms with Gasteiger partial charge in [-0.3, -0.25) is 4.79 Å². The van der Waals surface area contributed by atoms with Gasteiger partial charge in [0.15, 0.2) is 0 Å². The molecule has 0 fully saturated rings. The fraction of sp³-hybridized carbons (Fsp3) is 0.462. The molecule has 0 N–H and O–H groups in total. The van der Waals surface area contributed by atoms with Crippen LogP contribution in [0, 0.1) is 0 Å². The van der Waals surface area contributed by atoms with E-state index >= 15 is 0 Å². The quantitative estimate of drug-likeness (QED) is 0.506. The van der Waals surface area contributed by atoms with Gasteiger partial charge in [-0.2, -0.15) is 0 Å². The first-order valence-corrected chi connectivity index (χ1v) is 5.49. The van der Waals surface area contributed by atoms with Crippen molar-refractivity contribution in [1.29, 1.82) is 0 Å². The first kappa shape index (κ1) is 11.9. The summed E-state index contributed by atoms with van der Waals surface area (Å²) in [6.07, 6.45) is 4.38. The Hall–Kier alpha value is -1.15. The van der Waals surface area contributed by atoms with Crippen LogP contribution in [0.1, 0.15) is 42.1 Å². The van der Waals surface area contributed by atoms with Gasteiger partial charge in [-0.25, -0.2) is 0 Å². The molecule has 2 heteroatoms. The fourth-order valence-corrected chi connectivity index (χ4v) is 1.42. The minimum absolute atomic E-state index is 0.540. The van der Waals surface area contributed by atoms with Crippen molar-refractivity contribution in [3.05, 3.63) is 35.4 Å². The highest BCUT2D eigenvalue weighted by Gasteiger charge is 1.99. The number of hydrogen-bond donors (Lipinski definition) is 0. The van der Waals surface area contributed by atoms with E-state index in [1.165, 1.54) is 12.8 Å². The minimum atomic E-state index is 0.540. The molecule has 0 aliphatic carbocycles. The summed E-state index contributed by atoms with van der Waals surface area (Å²) in [7, 11) is 0. The molecule has 82 valence electrons. The Morgan fingerprint density at radius 3 is 2.80 bits per heavy atom. The van der Waals surface area contributed by atoms with E-state index in [-0.39, 0.29) is 0 Å². The lowest BCUT2D eigenvalue weighted by molar-refractivity contribution is 0.108. The van der Waals surface area contributed by atoms with Crippen LogP contribution in [0.5, 0.6) is 0 Å². The van der Waals surface area contributed by atoms with Crippen molar-refractivity contribution in [2.45, 2.75) is 32.8 Å². The van der Waals surface area contributed by atoms with Gasteiger partial charge in [0.25, 0.3) is 0 Å². The molecule has 1 aromatic carbocycles. The molecule has 0 heterocycles. The van der Waals surface area contributed by atoms with Gasteiger partial charge in [0.2, 0.25) is 0 Å².